The van der Waals surface area contributed by atoms with E-state index in [1.54, 1.807) is 35.4 Å². The first-order valence-corrected chi connectivity index (χ1v) is 6.48. The number of hydrogen-bond donors (Lipinski definition) is 1. The Morgan fingerprint density at radius 2 is 2.42 bits per heavy atom. The Kier molecular flexibility index (Phi) is 3.15. The molecule has 0 aliphatic rings. The van der Waals surface area contributed by atoms with E-state index < -0.39 is 0 Å². The summed E-state index contributed by atoms with van der Waals surface area (Å²) in [4.78, 5) is 16.4. The van der Waals surface area contributed by atoms with Gasteiger partial charge in [0.05, 0.1) is 5.56 Å². The number of nitrogens with one attached hydrogen (secondary N) is 1. The Morgan fingerprint density at radius 3 is 3.21 bits per heavy atom. The van der Waals surface area contributed by atoms with Gasteiger partial charge in [0.25, 0.3) is 5.91 Å². The number of rotatable bonds is 4. The van der Waals surface area contributed by atoms with Crippen molar-refractivity contribution < 1.29 is 4.79 Å². The second-order valence-electron chi connectivity index (χ2n) is 3.80. The number of carbonyl (C=O) groups is 1. The highest BCUT2D eigenvalue weighted by Gasteiger charge is 2.07. The first-order valence-electron chi connectivity index (χ1n) is 5.67. The molecule has 0 fully saturated rings. The predicted molar refractivity (Wildman–Crippen MR) is 68.9 cm³/mol. The van der Waals surface area contributed by atoms with Gasteiger partial charge in [-0.05, 0) is 12.1 Å². The summed E-state index contributed by atoms with van der Waals surface area (Å²) in [5.74, 6) is -0.129. The zero-order chi connectivity index (χ0) is 13.1. The molecule has 0 saturated carbocycles. The maximum Gasteiger partial charge on any atom is 0.252 e. The molecule has 96 valence electrons. The zero-order valence-corrected chi connectivity index (χ0v) is 10.7. The quantitative estimate of drug-likeness (QED) is 0.751. The lowest BCUT2D eigenvalue weighted by Crippen LogP contribution is -2.25. The molecule has 1 amide bonds. The molecule has 7 nitrogen and oxygen atoms in total. The predicted octanol–water partition coefficient (Wildman–Crippen LogP) is 0.553. The summed E-state index contributed by atoms with van der Waals surface area (Å²) in [6.45, 7) is 0.526. The Labute approximate surface area is 112 Å². The van der Waals surface area contributed by atoms with Crippen LogP contribution in [0, 0.1) is 0 Å². The molecule has 0 radical (unpaired) electrons. The van der Waals surface area contributed by atoms with Crippen LogP contribution in [-0.2, 0) is 6.42 Å². The minimum Gasteiger partial charge on any atom is -0.352 e. The van der Waals surface area contributed by atoms with Gasteiger partial charge in [0.2, 0.25) is 4.96 Å². The van der Waals surface area contributed by atoms with Gasteiger partial charge in [-0.15, -0.1) is 10.2 Å². The molecular formula is C11H10N6OS. The Balaban J connectivity index is 1.56. The Hall–Kier alpha value is -2.35. The highest BCUT2D eigenvalue weighted by Crippen LogP contribution is 2.11. The summed E-state index contributed by atoms with van der Waals surface area (Å²) in [5.41, 5.74) is 0.556. The van der Waals surface area contributed by atoms with Crippen molar-refractivity contribution in [1.82, 2.24) is 30.1 Å². The topological polar surface area (TPSA) is 85.1 Å². The summed E-state index contributed by atoms with van der Waals surface area (Å²) >= 11 is 1.47. The molecule has 0 bridgehead atoms. The van der Waals surface area contributed by atoms with E-state index in [2.05, 4.69) is 25.6 Å². The van der Waals surface area contributed by atoms with Gasteiger partial charge in [0, 0.05) is 25.4 Å². The van der Waals surface area contributed by atoms with E-state index in [-0.39, 0.29) is 5.91 Å². The molecule has 1 N–H and O–H groups in total. The summed E-state index contributed by atoms with van der Waals surface area (Å²) in [6, 6.07) is 3.46. The number of carbonyl (C=O) groups excluding carboxylic acids is 1. The molecule has 8 heteroatoms. The standard InChI is InChI=1S/C11H10N6OS/c18-10(8-2-1-4-12-6-8)13-5-3-9-16-17-7-14-15-11(17)19-9/h1-2,4,6-7H,3,5H2,(H,13,18). The molecule has 0 aliphatic carbocycles. The molecule has 3 aromatic heterocycles. The SMILES string of the molecule is O=C(NCCc1nn2cnnc2s1)c1cccnc1. The van der Waals surface area contributed by atoms with Gasteiger partial charge >= 0.3 is 0 Å². The average Bonchev–Trinajstić information content (AvgIpc) is 3.00. The molecule has 3 rings (SSSR count). The van der Waals surface area contributed by atoms with Gasteiger partial charge in [0.15, 0.2) is 0 Å². The Bertz CT molecular complexity index is 663. The van der Waals surface area contributed by atoms with Crippen molar-refractivity contribution in [2.24, 2.45) is 0 Å². The number of fused-ring (bicyclic) bond motifs is 1. The first-order chi connectivity index (χ1) is 9.33. The molecule has 0 spiro atoms. The smallest absolute Gasteiger partial charge is 0.252 e. The summed E-state index contributed by atoms with van der Waals surface area (Å²) in [7, 11) is 0. The maximum atomic E-state index is 11.8. The molecular weight excluding hydrogens is 264 g/mol. The number of hydrogen-bond acceptors (Lipinski definition) is 6. The van der Waals surface area contributed by atoms with Crippen LogP contribution in [0.2, 0.25) is 0 Å². The van der Waals surface area contributed by atoms with Crippen LogP contribution in [0.4, 0.5) is 0 Å². The van der Waals surface area contributed by atoms with Crippen molar-refractivity contribution in [1.29, 1.82) is 0 Å². The molecule has 3 aromatic rings. The van der Waals surface area contributed by atoms with Gasteiger partial charge in [-0.25, -0.2) is 0 Å². The van der Waals surface area contributed by atoms with Crippen LogP contribution in [0.1, 0.15) is 15.4 Å². The second kappa shape index (κ2) is 5.11. The third-order valence-electron chi connectivity index (χ3n) is 2.48. The third-order valence-corrected chi connectivity index (χ3v) is 3.45. The highest BCUT2D eigenvalue weighted by molar-refractivity contribution is 7.16. The van der Waals surface area contributed by atoms with Gasteiger partial charge < -0.3 is 5.32 Å². The van der Waals surface area contributed by atoms with Crippen molar-refractivity contribution in [2.45, 2.75) is 6.42 Å². The molecule has 19 heavy (non-hydrogen) atoms. The van der Waals surface area contributed by atoms with Crippen LogP contribution in [0.15, 0.2) is 30.9 Å². The van der Waals surface area contributed by atoms with E-state index in [1.165, 1.54) is 11.3 Å². The number of nitrogens with zero attached hydrogens (tertiary/aromatic N) is 5. The fraction of sp³-hybridized carbons (Fsp3) is 0.182. The largest absolute Gasteiger partial charge is 0.352 e. The fourth-order valence-corrected chi connectivity index (χ4v) is 2.40. The monoisotopic (exact) mass is 274 g/mol. The van der Waals surface area contributed by atoms with E-state index in [9.17, 15) is 4.79 Å². The van der Waals surface area contributed by atoms with Crippen molar-refractivity contribution in [3.63, 3.8) is 0 Å². The van der Waals surface area contributed by atoms with Crippen LogP contribution in [-0.4, -0.2) is 37.2 Å². The molecule has 3 heterocycles. The van der Waals surface area contributed by atoms with Gasteiger partial charge in [-0.1, -0.05) is 11.3 Å². The number of pyridine rings is 1. The van der Waals surface area contributed by atoms with E-state index >= 15 is 0 Å². The van der Waals surface area contributed by atoms with Gasteiger partial charge in [-0.3, -0.25) is 9.78 Å². The third kappa shape index (κ3) is 2.58. The van der Waals surface area contributed by atoms with E-state index in [0.29, 0.717) is 18.5 Å². The van der Waals surface area contributed by atoms with Crippen molar-refractivity contribution >= 4 is 22.2 Å². The lowest BCUT2D eigenvalue weighted by Gasteiger charge is -2.02. The van der Waals surface area contributed by atoms with Gasteiger partial charge in [0.1, 0.15) is 11.3 Å². The van der Waals surface area contributed by atoms with E-state index in [0.717, 1.165) is 9.97 Å². The first kappa shape index (κ1) is 11.7. The number of amides is 1. The van der Waals surface area contributed by atoms with Crippen molar-refractivity contribution in [3.05, 3.63) is 41.4 Å². The average molecular weight is 274 g/mol. The lowest BCUT2D eigenvalue weighted by atomic mass is 10.2. The van der Waals surface area contributed by atoms with Crippen LogP contribution >= 0.6 is 11.3 Å². The fourth-order valence-electron chi connectivity index (χ4n) is 1.58. The summed E-state index contributed by atoms with van der Waals surface area (Å²) < 4.78 is 1.63. The molecule has 0 saturated heterocycles. The molecule has 0 aliphatic heterocycles. The second-order valence-corrected chi connectivity index (χ2v) is 4.84. The summed E-state index contributed by atoms with van der Waals surface area (Å²) in [6.07, 6.45) is 5.40. The lowest BCUT2D eigenvalue weighted by molar-refractivity contribution is 0.0954. The molecule has 0 atom stereocenters. The van der Waals surface area contributed by atoms with Crippen LogP contribution in [0.3, 0.4) is 0 Å². The Morgan fingerprint density at radius 1 is 1.47 bits per heavy atom. The van der Waals surface area contributed by atoms with Gasteiger partial charge in [-0.2, -0.15) is 9.61 Å². The van der Waals surface area contributed by atoms with Crippen molar-refractivity contribution in [2.75, 3.05) is 6.54 Å². The van der Waals surface area contributed by atoms with Crippen LogP contribution in [0.5, 0.6) is 0 Å². The molecule has 0 unspecified atom stereocenters. The highest BCUT2D eigenvalue weighted by atomic mass is 32.1. The van der Waals surface area contributed by atoms with Crippen LogP contribution in [0.25, 0.3) is 4.96 Å². The van der Waals surface area contributed by atoms with Crippen molar-refractivity contribution in [3.8, 4) is 0 Å². The maximum absolute atomic E-state index is 11.8. The minimum atomic E-state index is -0.129. The normalized spacial score (nSPS) is 10.7. The number of aromatic nitrogens is 5. The summed E-state index contributed by atoms with van der Waals surface area (Å²) in [5, 5.41) is 15.7. The van der Waals surface area contributed by atoms with E-state index in [4.69, 9.17) is 0 Å². The minimum absolute atomic E-state index is 0.129. The zero-order valence-electron chi connectivity index (χ0n) is 9.85. The van der Waals surface area contributed by atoms with E-state index in [1.807, 2.05) is 0 Å². The molecule has 0 aromatic carbocycles. The van der Waals surface area contributed by atoms with Crippen LogP contribution < -0.4 is 5.32 Å².